The Morgan fingerprint density at radius 1 is 1.41 bits per heavy atom. The second-order valence-electron chi connectivity index (χ2n) is 4.41. The molecule has 1 saturated heterocycles. The molecule has 1 aromatic rings. The molecule has 0 radical (unpaired) electrons. The van der Waals surface area contributed by atoms with Gasteiger partial charge in [0.25, 0.3) is 0 Å². The van der Waals surface area contributed by atoms with E-state index in [1.807, 2.05) is 0 Å². The van der Waals surface area contributed by atoms with Gasteiger partial charge in [-0.1, -0.05) is 29.3 Å². The fourth-order valence-electron chi connectivity index (χ4n) is 2.19. The van der Waals surface area contributed by atoms with Crippen molar-refractivity contribution in [3.63, 3.8) is 0 Å². The highest BCUT2D eigenvalue weighted by Gasteiger charge is 2.42. The number of rotatable bonds is 3. The molecule has 5 heteroatoms. The predicted octanol–water partition coefficient (Wildman–Crippen LogP) is 2.39. The molecule has 17 heavy (non-hydrogen) atoms. The van der Waals surface area contributed by atoms with Crippen molar-refractivity contribution in [2.45, 2.75) is 12.5 Å². The van der Waals surface area contributed by atoms with Gasteiger partial charge in [-0.3, -0.25) is 0 Å². The van der Waals surface area contributed by atoms with E-state index < -0.39 is 11.5 Å². The fraction of sp³-hybridized carbons (Fsp3) is 0.500. The van der Waals surface area contributed by atoms with Crippen molar-refractivity contribution in [1.29, 1.82) is 0 Å². The van der Waals surface area contributed by atoms with Crippen LogP contribution in [0.1, 0.15) is 18.1 Å². The Bertz CT molecular complexity index is 385. The highest BCUT2D eigenvalue weighted by Crippen LogP contribution is 2.44. The molecule has 0 aromatic heterocycles. The number of benzene rings is 1. The summed E-state index contributed by atoms with van der Waals surface area (Å²) in [4.78, 5) is 0. The maximum absolute atomic E-state index is 10.5. The third-order valence-corrected chi connectivity index (χ3v) is 4.05. The quantitative estimate of drug-likeness (QED) is 0.891. The summed E-state index contributed by atoms with van der Waals surface area (Å²) >= 11 is 12.2. The van der Waals surface area contributed by atoms with Gasteiger partial charge in [-0.05, 0) is 18.6 Å². The van der Waals surface area contributed by atoms with E-state index in [9.17, 15) is 5.11 Å². The van der Waals surface area contributed by atoms with E-state index in [0.29, 0.717) is 41.8 Å². The normalized spacial score (nSPS) is 26.1. The first-order valence-corrected chi connectivity index (χ1v) is 6.26. The standard InChI is InChI=1S/C12H15Cl2NO2/c13-8-2-1-3-9(14)10(8)11(16)12(6-15)4-5-17-7-12/h1-3,11,16H,4-7,15H2. The van der Waals surface area contributed by atoms with Crippen LogP contribution in [-0.4, -0.2) is 24.9 Å². The van der Waals surface area contributed by atoms with Crippen LogP contribution in [0.4, 0.5) is 0 Å². The summed E-state index contributed by atoms with van der Waals surface area (Å²) in [5, 5.41) is 11.4. The van der Waals surface area contributed by atoms with Crippen molar-refractivity contribution in [2.24, 2.45) is 11.1 Å². The maximum atomic E-state index is 10.5. The van der Waals surface area contributed by atoms with Gasteiger partial charge in [0.15, 0.2) is 0 Å². The minimum Gasteiger partial charge on any atom is -0.388 e. The van der Waals surface area contributed by atoms with Gasteiger partial charge in [0, 0.05) is 34.2 Å². The molecule has 1 aliphatic heterocycles. The summed E-state index contributed by atoms with van der Waals surface area (Å²) in [5.74, 6) is 0. The highest BCUT2D eigenvalue weighted by molar-refractivity contribution is 6.36. The van der Waals surface area contributed by atoms with Crippen LogP contribution in [0.3, 0.4) is 0 Å². The first kappa shape index (κ1) is 13.1. The lowest BCUT2D eigenvalue weighted by Crippen LogP contribution is -2.37. The van der Waals surface area contributed by atoms with E-state index in [4.69, 9.17) is 33.7 Å². The van der Waals surface area contributed by atoms with Crippen molar-refractivity contribution in [3.05, 3.63) is 33.8 Å². The van der Waals surface area contributed by atoms with Crippen LogP contribution >= 0.6 is 23.2 Å². The highest BCUT2D eigenvalue weighted by atomic mass is 35.5. The molecule has 2 unspecified atom stereocenters. The fourth-order valence-corrected chi connectivity index (χ4v) is 2.79. The van der Waals surface area contributed by atoms with Crippen molar-refractivity contribution in [3.8, 4) is 0 Å². The molecule has 0 spiro atoms. The van der Waals surface area contributed by atoms with Crippen molar-refractivity contribution in [2.75, 3.05) is 19.8 Å². The Kier molecular flexibility index (Phi) is 3.95. The number of aliphatic hydroxyl groups is 1. The van der Waals surface area contributed by atoms with Crippen molar-refractivity contribution < 1.29 is 9.84 Å². The van der Waals surface area contributed by atoms with Crippen molar-refractivity contribution in [1.82, 2.24) is 0 Å². The molecular formula is C12H15Cl2NO2. The number of halogens is 2. The molecule has 0 amide bonds. The van der Waals surface area contributed by atoms with Crippen LogP contribution in [0.15, 0.2) is 18.2 Å². The predicted molar refractivity (Wildman–Crippen MR) is 68.3 cm³/mol. The van der Waals surface area contributed by atoms with Gasteiger partial charge in [0.1, 0.15) is 0 Å². The van der Waals surface area contributed by atoms with Gasteiger partial charge in [-0.15, -0.1) is 0 Å². The van der Waals surface area contributed by atoms with Gasteiger partial charge in [-0.2, -0.15) is 0 Å². The number of aliphatic hydroxyl groups excluding tert-OH is 1. The number of ether oxygens (including phenoxy) is 1. The number of hydrogen-bond donors (Lipinski definition) is 2. The zero-order valence-electron chi connectivity index (χ0n) is 9.33. The summed E-state index contributed by atoms with van der Waals surface area (Å²) < 4.78 is 5.35. The van der Waals surface area contributed by atoms with E-state index in [2.05, 4.69) is 0 Å². The molecule has 94 valence electrons. The molecule has 1 fully saturated rings. The molecular weight excluding hydrogens is 261 g/mol. The smallest absolute Gasteiger partial charge is 0.0910 e. The van der Waals surface area contributed by atoms with Gasteiger partial charge in [-0.25, -0.2) is 0 Å². The number of hydrogen-bond acceptors (Lipinski definition) is 3. The van der Waals surface area contributed by atoms with Crippen LogP contribution in [0, 0.1) is 5.41 Å². The van der Waals surface area contributed by atoms with Crippen LogP contribution in [0.25, 0.3) is 0 Å². The largest absolute Gasteiger partial charge is 0.388 e. The number of nitrogens with two attached hydrogens (primary N) is 1. The van der Waals surface area contributed by atoms with Crippen LogP contribution in [0.2, 0.25) is 10.0 Å². The third-order valence-electron chi connectivity index (χ3n) is 3.39. The van der Waals surface area contributed by atoms with E-state index in [1.54, 1.807) is 18.2 Å². The lowest BCUT2D eigenvalue weighted by Gasteiger charge is -2.32. The van der Waals surface area contributed by atoms with E-state index in [-0.39, 0.29) is 0 Å². The summed E-state index contributed by atoms with van der Waals surface area (Å²) in [5.41, 5.74) is 5.85. The molecule has 3 nitrogen and oxygen atoms in total. The molecule has 1 aliphatic rings. The molecule has 2 atom stereocenters. The Hall–Kier alpha value is -0.320. The first-order valence-electron chi connectivity index (χ1n) is 5.50. The zero-order valence-corrected chi connectivity index (χ0v) is 10.8. The lowest BCUT2D eigenvalue weighted by atomic mass is 9.78. The Labute approximate surface area is 110 Å². The van der Waals surface area contributed by atoms with Crippen LogP contribution in [-0.2, 0) is 4.74 Å². The monoisotopic (exact) mass is 275 g/mol. The average molecular weight is 276 g/mol. The van der Waals surface area contributed by atoms with Crippen molar-refractivity contribution >= 4 is 23.2 Å². The zero-order chi connectivity index (χ0) is 12.5. The van der Waals surface area contributed by atoms with Gasteiger partial charge < -0.3 is 15.6 Å². The molecule has 1 aromatic carbocycles. The molecule has 3 N–H and O–H groups in total. The van der Waals surface area contributed by atoms with E-state index in [1.165, 1.54) is 0 Å². The summed E-state index contributed by atoms with van der Waals surface area (Å²) in [7, 11) is 0. The second-order valence-corrected chi connectivity index (χ2v) is 5.22. The third kappa shape index (κ3) is 2.30. The second kappa shape index (κ2) is 5.12. The summed E-state index contributed by atoms with van der Waals surface area (Å²) in [6.07, 6.45) is -0.0807. The first-order chi connectivity index (χ1) is 8.10. The van der Waals surface area contributed by atoms with Gasteiger partial charge in [0.2, 0.25) is 0 Å². The molecule has 0 saturated carbocycles. The minimum atomic E-state index is -0.795. The van der Waals surface area contributed by atoms with E-state index >= 15 is 0 Å². The topological polar surface area (TPSA) is 55.5 Å². The Morgan fingerprint density at radius 2 is 2.06 bits per heavy atom. The molecule has 0 aliphatic carbocycles. The molecule has 2 rings (SSSR count). The van der Waals surface area contributed by atoms with Gasteiger partial charge in [0.05, 0.1) is 12.7 Å². The maximum Gasteiger partial charge on any atom is 0.0910 e. The summed E-state index contributed by atoms with van der Waals surface area (Å²) in [6, 6.07) is 5.18. The van der Waals surface area contributed by atoms with Crippen LogP contribution < -0.4 is 5.73 Å². The SMILES string of the molecule is NCC1(C(O)c2c(Cl)cccc2Cl)CCOC1. The Morgan fingerprint density at radius 3 is 2.53 bits per heavy atom. The van der Waals surface area contributed by atoms with Gasteiger partial charge >= 0.3 is 0 Å². The summed E-state index contributed by atoms with van der Waals surface area (Å²) in [6.45, 7) is 1.39. The molecule has 0 bridgehead atoms. The average Bonchev–Trinajstić information content (AvgIpc) is 2.78. The Balaban J connectivity index is 2.39. The minimum absolute atomic E-state index is 0.343. The van der Waals surface area contributed by atoms with E-state index in [0.717, 1.165) is 0 Å². The molecule has 1 heterocycles. The lowest BCUT2D eigenvalue weighted by molar-refractivity contribution is 0.0192. The van der Waals surface area contributed by atoms with Crippen LogP contribution in [0.5, 0.6) is 0 Å².